The molecule has 19 heavy (non-hydrogen) atoms. The van der Waals surface area contributed by atoms with Crippen LogP contribution in [0.5, 0.6) is 0 Å². The molecule has 0 bridgehead atoms. The third-order valence-corrected chi connectivity index (χ3v) is 4.56. The minimum Gasteiger partial charge on any atom is -0.481 e. The zero-order chi connectivity index (χ0) is 13.3. The Bertz CT molecular complexity index is 453. The van der Waals surface area contributed by atoms with Crippen molar-refractivity contribution >= 4 is 5.97 Å². The third kappa shape index (κ3) is 2.66. The van der Waals surface area contributed by atoms with E-state index in [4.69, 9.17) is 9.84 Å². The number of carboxylic acids is 1. The van der Waals surface area contributed by atoms with Gasteiger partial charge in [0.25, 0.3) is 0 Å². The van der Waals surface area contributed by atoms with Crippen LogP contribution in [0.4, 0.5) is 0 Å². The molecule has 2 fully saturated rings. The summed E-state index contributed by atoms with van der Waals surface area (Å²) >= 11 is 0. The average Bonchev–Trinajstić information content (AvgIpc) is 3.20. The molecule has 0 unspecified atom stereocenters. The summed E-state index contributed by atoms with van der Waals surface area (Å²) < 4.78 is 5.39. The Kier molecular flexibility index (Phi) is 3.31. The maximum atomic E-state index is 10.9. The van der Waals surface area contributed by atoms with Gasteiger partial charge in [-0.25, -0.2) is 0 Å². The van der Waals surface area contributed by atoms with Gasteiger partial charge in [-0.3, -0.25) is 4.79 Å². The van der Waals surface area contributed by atoms with E-state index in [0.29, 0.717) is 5.92 Å². The van der Waals surface area contributed by atoms with Crippen LogP contribution in [0.2, 0.25) is 0 Å². The molecule has 1 aliphatic heterocycles. The largest absolute Gasteiger partial charge is 0.481 e. The number of hydrogen-bond acceptors (Lipinski definition) is 2. The monoisotopic (exact) mass is 260 g/mol. The summed E-state index contributed by atoms with van der Waals surface area (Å²) in [6.07, 6.45) is 4.48. The van der Waals surface area contributed by atoms with E-state index in [1.165, 1.54) is 11.1 Å². The van der Waals surface area contributed by atoms with E-state index in [9.17, 15) is 4.79 Å². The molecule has 3 heteroatoms. The van der Waals surface area contributed by atoms with Gasteiger partial charge >= 0.3 is 5.97 Å². The molecule has 2 aliphatic rings. The molecule has 0 spiro atoms. The fourth-order valence-corrected chi connectivity index (χ4v) is 3.15. The fourth-order valence-electron chi connectivity index (χ4n) is 3.15. The molecule has 1 saturated heterocycles. The van der Waals surface area contributed by atoms with Crippen LogP contribution >= 0.6 is 0 Å². The van der Waals surface area contributed by atoms with E-state index in [0.717, 1.165) is 38.9 Å². The van der Waals surface area contributed by atoms with Crippen LogP contribution in [0.1, 0.15) is 49.1 Å². The van der Waals surface area contributed by atoms with Crippen LogP contribution in [0.3, 0.4) is 0 Å². The molecule has 3 nitrogen and oxygen atoms in total. The van der Waals surface area contributed by atoms with Gasteiger partial charge in [0.05, 0.1) is 6.42 Å². The zero-order valence-corrected chi connectivity index (χ0v) is 11.1. The summed E-state index contributed by atoms with van der Waals surface area (Å²) in [6, 6.07) is 8.65. The fraction of sp³-hybridized carbons (Fsp3) is 0.562. The van der Waals surface area contributed by atoms with E-state index in [1.807, 2.05) is 0 Å². The quantitative estimate of drug-likeness (QED) is 0.905. The van der Waals surface area contributed by atoms with Gasteiger partial charge in [-0.15, -0.1) is 0 Å². The molecule has 1 aromatic rings. The van der Waals surface area contributed by atoms with Crippen molar-refractivity contribution in [2.24, 2.45) is 0 Å². The van der Waals surface area contributed by atoms with E-state index < -0.39 is 5.97 Å². The van der Waals surface area contributed by atoms with E-state index in [-0.39, 0.29) is 11.8 Å². The lowest BCUT2D eigenvalue weighted by atomic mass is 9.87. The van der Waals surface area contributed by atoms with E-state index >= 15 is 0 Å². The number of rotatable bonds is 4. The minimum absolute atomic E-state index is 0.0694. The predicted octanol–water partition coefficient (Wildman–Crippen LogP) is 3.09. The summed E-state index contributed by atoms with van der Waals surface area (Å²) in [5.41, 5.74) is 2.50. The molecule has 0 amide bonds. The van der Waals surface area contributed by atoms with Crippen LogP contribution in [-0.2, 0) is 14.9 Å². The molecule has 1 saturated carbocycles. The van der Waals surface area contributed by atoms with Gasteiger partial charge in [-0.05, 0) is 42.7 Å². The van der Waals surface area contributed by atoms with Crippen molar-refractivity contribution < 1.29 is 14.6 Å². The van der Waals surface area contributed by atoms with Crippen molar-refractivity contribution in [2.45, 2.75) is 43.4 Å². The van der Waals surface area contributed by atoms with Gasteiger partial charge < -0.3 is 9.84 Å². The highest BCUT2D eigenvalue weighted by Crippen LogP contribution is 2.51. The van der Waals surface area contributed by atoms with Gasteiger partial charge in [0.1, 0.15) is 0 Å². The van der Waals surface area contributed by atoms with Gasteiger partial charge in [-0.1, -0.05) is 24.3 Å². The van der Waals surface area contributed by atoms with E-state index in [1.54, 1.807) is 0 Å². The van der Waals surface area contributed by atoms with E-state index in [2.05, 4.69) is 24.3 Å². The normalized spacial score (nSPS) is 22.1. The van der Waals surface area contributed by atoms with Crippen molar-refractivity contribution in [3.05, 3.63) is 35.4 Å². The number of benzene rings is 1. The topological polar surface area (TPSA) is 46.5 Å². The number of carboxylic acid groups (broad SMARTS) is 1. The molecular weight excluding hydrogens is 240 g/mol. The first-order chi connectivity index (χ1) is 9.20. The van der Waals surface area contributed by atoms with Gasteiger partial charge in [0.2, 0.25) is 0 Å². The molecular formula is C16H20O3. The second-order valence-electron chi connectivity index (χ2n) is 5.86. The number of aliphatic carboxylic acids is 1. The Morgan fingerprint density at radius 3 is 2.37 bits per heavy atom. The van der Waals surface area contributed by atoms with Crippen LogP contribution in [0.25, 0.3) is 0 Å². The molecule has 0 atom stereocenters. The molecule has 0 radical (unpaired) electrons. The summed E-state index contributed by atoms with van der Waals surface area (Å²) in [6.45, 7) is 1.71. The van der Waals surface area contributed by atoms with Crippen molar-refractivity contribution in [1.82, 2.24) is 0 Å². The summed E-state index contributed by atoms with van der Waals surface area (Å²) in [4.78, 5) is 10.9. The second-order valence-corrected chi connectivity index (χ2v) is 5.86. The van der Waals surface area contributed by atoms with Crippen molar-refractivity contribution in [1.29, 1.82) is 0 Å². The predicted molar refractivity (Wildman–Crippen MR) is 72.4 cm³/mol. The molecule has 1 N–H and O–H groups in total. The number of ether oxygens (including phenoxy) is 1. The average molecular weight is 260 g/mol. The Labute approximate surface area is 113 Å². The molecule has 1 aromatic carbocycles. The highest BCUT2D eigenvalue weighted by atomic mass is 16.5. The second kappa shape index (κ2) is 4.97. The first kappa shape index (κ1) is 12.7. The van der Waals surface area contributed by atoms with Crippen molar-refractivity contribution in [3.8, 4) is 0 Å². The van der Waals surface area contributed by atoms with Crippen LogP contribution < -0.4 is 0 Å². The minimum atomic E-state index is -0.689. The summed E-state index contributed by atoms with van der Waals surface area (Å²) in [5.74, 6) is -0.0802. The first-order valence-corrected chi connectivity index (χ1v) is 7.10. The van der Waals surface area contributed by atoms with Crippen molar-refractivity contribution in [2.75, 3.05) is 13.2 Å². The zero-order valence-electron chi connectivity index (χ0n) is 11.1. The number of carbonyl (C=O) groups is 1. The highest BCUT2D eigenvalue weighted by Gasteiger charge is 2.45. The summed E-state index contributed by atoms with van der Waals surface area (Å²) in [7, 11) is 0. The maximum absolute atomic E-state index is 10.9. The van der Waals surface area contributed by atoms with Crippen LogP contribution in [-0.4, -0.2) is 24.3 Å². The molecule has 0 aromatic heterocycles. The van der Waals surface area contributed by atoms with Crippen LogP contribution in [0, 0.1) is 0 Å². The van der Waals surface area contributed by atoms with Gasteiger partial charge in [-0.2, -0.15) is 0 Å². The smallest absolute Gasteiger partial charge is 0.304 e. The Morgan fingerprint density at radius 2 is 1.84 bits per heavy atom. The maximum Gasteiger partial charge on any atom is 0.304 e. The lowest BCUT2D eigenvalue weighted by molar-refractivity contribution is -0.137. The lowest BCUT2D eigenvalue weighted by Crippen LogP contribution is -2.15. The van der Waals surface area contributed by atoms with Crippen molar-refractivity contribution in [3.63, 3.8) is 0 Å². The standard InChI is InChI=1S/C16H20O3/c17-15(18)11-16(7-8-16)14-3-1-12(2-4-14)13-5-9-19-10-6-13/h1-4,13H,5-11H2,(H,17,18). The lowest BCUT2D eigenvalue weighted by Gasteiger charge is -2.23. The Hall–Kier alpha value is -1.35. The number of hydrogen-bond donors (Lipinski definition) is 1. The van der Waals surface area contributed by atoms with Gasteiger partial charge in [0, 0.05) is 18.6 Å². The first-order valence-electron chi connectivity index (χ1n) is 7.10. The summed E-state index contributed by atoms with van der Waals surface area (Å²) in [5, 5.41) is 8.99. The molecule has 102 valence electrons. The molecule has 3 rings (SSSR count). The van der Waals surface area contributed by atoms with Crippen LogP contribution in [0.15, 0.2) is 24.3 Å². The highest BCUT2D eigenvalue weighted by molar-refractivity contribution is 5.70. The van der Waals surface area contributed by atoms with Gasteiger partial charge in [0.15, 0.2) is 0 Å². The Morgan fingerprint density at radius 1 is 1.21 bits per heavy atom. The Balaban J connectivity index is 1.73. The molecule has 1 aliphatic carbocycles. The third-order valence-electron chi connectivity index (χ3n) is 4.56. The SMILES string of the molecule is O=C(O)CC1(c2ccc(C3CCOCC3)cc2)CC1. The molecule has 1 heterocycles.